The highest BCUT2D eigenvalue weighted by atomic mass is 32.1. The van der Waals surface area contributed by atoms with E-state index in [4.69, 9.17) is 0 Å². The van der Waals surface area contributed by atoms with E-state index in [0.717, 1.165) is 6.42 Å². The second-order valence-corrected chi connectivity index (χ2v) is 6.29. The molecule has 18 heavy (non-hydrogen) atoms. The Morgan fingerprint density at radius 2 is 1.56 bits per heavy atom. The van der Waals surface area contributed by atoms with Crippen LogP contribution in [0, 0.1) is 0 Å². The molecule has 0 saturated heterocycles. The molecule has 0 amide bonds. The molecule has 1 aromatic carbocycles. The first-order chi connectivity index (χ1) is 8.86. The maximum Gasteiger partial charge on any atom is 0.0345 e. The largest absolute Gasteiger partial charge is 0.144 e. The zero-order valence-electron chi connectivity index (χ0n) is 10.2. The van der Waals surface area contributed by atoms with E-state index >= 15 is 0 Å². The van der Waals surface area contributed by atoms with E-state index in [2.05, 4.69) is 60.8 Å². The number of hydrogen-bond donors (Lipinski definition) is 0. The van der Waals surface area contributed by atoms with Gasteiger partial charge in [-0.2, -0.15) is 0 Å². The van der Waals surface area contributed by atoms with Gasteiger partial charge >= 0.3 is 0 Å². The SMILES string of the molecule is CCc1ccc(-c2ccc(-c3cccs3)cc2)s1. The molecule has 0 radical (unpaired) electrons. The van der Waals surface area contributed by atoms with Crippen LogP contribution < -0.4 is 0 Å². The van der Waals surface area contributed by atoms with Gasteiger partial charge in [0.2, 0.25) is 0 Å². The molecule has 0 spiro atoms. The Balaban J connectivity index is 1.91. The van der Waals surface area contributed by atoms with Crippen LogP contribution in [-0.2, 0) is 6.42 Å². The van der Waals surface area contributed by atoms with Crippen LogP contribution in [-0.4, -0.2) is 0 Å². The first-order valence-electron chi connectivity index (χ1n) is 6.10. The fourth-order valence-electron chi connectivity index (χ4n) is 1.96. The van der Waals surface area contributed by atoms with Crippen LogP contribution in [0.3, 0.4) is 0 Å². The Hall–Kier alpha value is -1.38. The minimum atomic E-state index is 1.12. The summed E-state index contributed by atoms with van der Waals surface area (Å²) in [4.78, 5) is 4.15. The van der Waals surface area contributed by atoms with Crippen molar-refractivity contribution in [3.8, 4) is 20.9 Å². The standard InChI is InChI=1S/C16H14S2/c1-2-14-9-10-16(18-14)13-7-5-12(6-8-13)15-4-3-11-17-15/h3-11H,2H2,1H3. The van der Waals surface area contributed by atoms with Gasteiger partial charge in [-0.25, -0.2) is 0 Å². The van der Waals surface area contributed by atoms with Crippen LogP contribution in [0.15, 0.2) is 53.9 Å². The number of benzene rings is 1. The minimum absolute atomic E-state index is 1.12. The summed E-state index contributed by atoms with van der Waals surface area (Å²) in [5.74, 6) is 0. The molecule has 0 N–H and O–H groups in total. The van der Waals surface area contributed by atoms with Gasteiger partial charge in [0.05, 0.1) is 0 Å². The average Bonchev–Trinajstić information content (AvgIpc) is 3.10. The van der Waals surface area contributed by atoms with Crippen molar-refractivity contribution in [3.05, 3.63) is 58.8 Å². The van der Waals surface area contributed by atoms with Crippen molar-refractivity contribution in [3.63, 3.8) is 0 Å². The van der Waals surface area contributed by atoms with Crippen molar-refractivity contribution < 1.29 is 0 Å². The molecule has 0 aliphatic heterocycles. The van der Waals surface area contributed by atoms with E-state index in [-0.39, 0.29) is 0 Å². The summed E-state index contributed by atoms with van der Waals surface area (Å²) >= 11 is 3.68. The first-order valence-corrected chi connectivity index (χ1v) is 7.79. The van der Waals surface area contributed by atoms with E-state index in [9.17, 15) is 0 Å². The lowest BCUT2D eigenvalue weighted by molar-refractivity contribution is 1.19. The molecular formula is C16H14S2. The smallest absolute Gasteiger partial charge is 0.0345 e. The lowest BCUT2D eigenvalue weighted by Crippen LogP contribution is -1.74. The lowest BCUT2D eigenvalue weighted by atomic mass is 10.1. The third-order valence-corrected chi connectivity index (χ3v) is 5.18. The second kappa shape index (κ2) is 5.09. The van der Waals surface area contributed by atoms with Crippen LogP contribution >= 0.6 is 22.7 Å². The maximum atomic E-state index is 2.23. The van der Waals surface area contributed by atoms with E-state index < -0.39 is 0 Å². The minimum Gasteiger partial charge on any atom is -0.144 e. The van der Waals surface area contributed by atoms with Crippen LogP contribution in [0.25, 0.3) is 20.9 Å². The highest BCUT2D eigenvalue weighted by molar-refractivity contribution is 7.15. The second-order valence-electron chi connectivity index (χ2n) is 4.17. The molecule has 3 aromatic rings. The molecule has 90 valence electrons. The Labute approximate surface area is 116 Å². The monoisotopic (exact) mass is 270 g/mol. The van der Waals surface area contributed by atoms with Gasteiger partial charge in [-0.15, -0.1) is 22.7 Å². The van der Waals surface area contributed by atoms with E-state index in [1.165, 1.54) is 25.8 Å². The maximum absolute atomic E-state index is 2.23. The molecule has 0 bridgehead atoms. The van der Waals surface area contributed by atoms with Gasteiger partial charge < -0.3 is 0 Å². The van der Waals surface area contributed by atoms with Crippen LogP contribution in [0.4, 0.5) is 0 Å². The van der Waals surface area contributed by atoms with E-state index in [1.807, 2.05) is 11.3 Å². The van der Waals surface area contributed by atoms with Gasteiger partial charge in [0.1, 0.15) is 0 Å². The molecule has 0 unspecified atom stereocenters. The Morgan fingerprint density at radius 3 is 2.11 bits per heavy atom. The highest BCUT2D eigenvalue weighted by Crippen LogP contribution is 2.31. The molecule has 2 heteroatoms. The van der Waals surface area contributed by atoms with Crippen molar-refractivity contribution in [2.75, 3.05) is 0 Å². The topological polar surface area (TPSA) is 0 Å². The molecule has 0 saturated carbocycles. The molecule has 3 rings (SSSR count). The van der Waals surface area contributed by atoms with Crippen LogP contribution in [0.5, 0.6) is 0 Å². The predicted molar refractivity (Wildman–Crippen MR) is 82.4 cm³/mol. The van der Waals surface area contributed by atoms with Gasteiger partial charge in [0, 0.05) is 14.6 Å². The highest BCUT2D eigenvalue weighted by Gasteiger charge is 2.03. The molecule has 2 aromatic heterocycles. The van der Waals surface area contributed by atoms with Gasteiger partial charge in [0.15, 0.2) is 0 Å². The molecule has 2 heterocycles. The van der Waals surface area contributed by atoms with Gasteiger partial charge in [0.25, 0.3) is 0 Å². The van der Waals surface area contributed by atoms with Crippen molar-refractivity contribution in [2.24, 2.45) is 0 Å². The van der Waals surface area contributed by atoms with Crippen LogP contribution in [0.1, 0.15) is 11.8 Å². The summed E-state index contributed by atoms with van der Waals surface area (Å²) in [6, 6.07) is 17.6. The summed E-state index contributed by atoms with van der Waals surface area (Å²) in [6.07, 6.45) is 1.12. The van der Waals surface area contributed by atoms with Gasteiger partial charge in [-0.05, 0) is 41.1 Å². The van der Waals surface area contributed by atoms with Crippen molar-refractivity contribution >= 4 is 22.7 Å². The number of aryl methyl sites for hydroxylation is 1. The molecule has 0 fully saturated rings. The molecule has 0 atom stereocenters. The molecule has 0 aliphatic carbocycles. The zero-order valence-corrected chi connectivity index (χ0v) is 11.9. The summed E-state index contributed by atoms with van der Waals surface area (Å²) in [5.41, 5.74) is 2.63. The van der Waals surface area contributed by atoms with E-state index in [0.29, 0.717) is 0 Å². The van der Waals surface area contributed by atoms with Gasteiger partial charge in [-0.3, -0.25) is 0 Å². The number of rotatable bonds is 3. The fraction of sp³-hybridized carbons (Fsp3) is 0.125. The van der Waals surface area contributed by atoms with Crippen molar-refractivity contribution in [1.82, 2.24) is 0 Å². The zero-order chi connectivity index (χ0) is 12.4. The van der Waals surface area contributed by atoms with E-state index in [1.54, 1.807) is 11.3 Å². The normalized spacial score (nSPS) is 10.7. The molecule has 0 aliphatic rings. The summed E-state index contributed by atoms with van der Waals surface area (Å²) in [6.45, 7) is 2.20. The number of hydrogen-bond acceptors (Lipinski definition) is 2. The third-order valence-electron chi connectivity index (χ3n) is 2.99. The fourth-order valence-corrected chi connectivity index (χ4v) is 3.65. The Kier molecular flexibility index (Phi) is 3.31. The lowest BCUT2D eigenvalue weighted by Gasteiger charge is -2.00. The predicted octanol–water partition coefficient (Wildman–Crippen LogP) is 5.71. The van der Waals surface area contributed by atoms with Crippen molar-refractivity contribution in [2.45, 2.75) is 13.3 Å². The Morgan fingerprint density at radius 1 is 0.833 bits per heavy atom. The third kappa shape index (κ3) is 2.26. The summed E-state index contributed by atoms with van der Waals surface area (Å²) in [7, 11) is 0. The summed E-state index contributed by atoms with van der Waals surface area (Å²) < 4.78 is 0. The molecular weight excluding hydrogens is 256 g/mol. The summed E-state index contributed by atoms with van der Waals surface area (Å²) in [5, 5.41) is 2.12. The Bertz CT molecular complexity index is 615. The first kappa shape index (κ1) is 11.7. The quantitative estimate of drug-likeness (QED) is 0.572. The van der Waals surface area contributed by atoms with Crippen LogP contribution in [0.2, 0.25) is 0 Å². The average molecular weight is 270 g/mol. The molecule has 0 nitrogen and oxygen atoms in total. The van der Waals surface area contributed by atoms with Gasteiger partial charge in [-0.1, -0.05) is 37.3 Å². The van der Waals surface area contributed by atoms with Crippen molar-refractivity contribution in [1.29, 1.82) is 0 Å². The number of thiophene rings is 2.